The highest BCUT2D eigenvalue weighted by atomic mass is 32.1. The van der Waals surface area contributed by atoms with Crippen molar-refractivity contribution in [3.8, 4) is 21.8 Å². The van der Waals surface area contributed by atoms with Gasteiger partial charge in [0.25, 0.3) is 5.91 Å². The molecule has 6 rings (SSSR count). The maximum Gasteiger partial charge on any atom is 0.251 e. The molecular formula is C26H27N7O3S. The number of aromatic nitrogens is 5. The Bertz CT molecular complexity index is 1480. The summed E-state index contributed by atoms with van der Waals surface area (Å²) >= 11 is 1.53. The first-order valence-corrected chi connectivity index (χ1v) is 13.3. The number of pyridine rings is 1. The van der Waals surface area contributed by atoms with E-state index in [0.29, 0.717) is 29.7 Å². The van der Waals surface area contributed by atoms with E-state index < -0.39 is 6.10 Å². The van der Waals surface area contributed by atoms with Gasteiger partial charge in [-0.2, -0.15) is 9.61 Å². The number of fused-ring (bicyclic) bond motifs is 3. The Labute approximate surface area is 217 Å². The molecule has 0 aromatic carbocycles. The van der Waals surface area contributed by atoms with Gasteiger partial charge in [0, 0.05) is 46.9 Å². The normalized spacial score (nSPS) is 21.9. The van der Waals surface area contributed by atoms with Crippen LogP contribution >= 0.6 is 11.3 Å². The van der Waals surface area contributed by atoms with Crippen molar-refractivity contribution in [1.82, 2.24) is 29.5 Å². The van der Waals surface area contributed by atoms with Gasteiger partial charge in [0.1, 0.15) is 16.9 Å². The molecule has 2 aliphatic heterocycles. The Hall–Kier alpha value is -3.70. The highest BCUT2D eigenvalue weighted by molar-refractivity contribution is 7.13. The van der Waals surface area contributed by atoms with Crippen molar-refractivity contribution in [2.75, 3.05) is 5.73 Å². The lowest BCUT2D eigenvalue weighted by Gasteiger charge is -2.39. The second-order valence-electron chi connectivity index (χ2n) is 9.85. The Morgan fingerprint density at radius 2 is 1.92 bits per heavy atom. The summed E-state index contributed by atoms with van der Waals surface area (Å²) in [4.78, 5) is 41.1. The topological polar surface area (TPSA) is 140 Å². The van der Waals surface area contributed by atoms with Gasteiger partial charge in [0.15, 0.2) is 11.4 Å². The maximum atomic E-state index is 12.8. The van der Waals surface area contributed by atoms with E-state index in [1.807, 2.05) is 22.4 Å². The second kappa shape index (κ2) is 9.00. The van der Waals surface area contributed by atoms with Crippen LogP contribution in [0.2, 0.25) is 0 Å². The Kier molecular flexibility index (Phi) is 5.76. The Balaban J connectivity index is 1.41. The van der Waals surface area contributed by atoms with E-state index in [9.17, 15) is 14.7 Å². The average molecular weight is 518 g/mol. The van der Waals surface area contributed by atoms with Crippen LogP contribution in [0.4, 0.5) is 5.82 Å². The standard InChI is InChI=1S/C26H27N7O3S/c1-13(34)21-22(16-9-17-4-5-18(10-16)32(17)26(36)14(2)35)31-24-19(12-30-33(24)23(21)27)15-3-6-20(29-11-15)25-28-7-8-37-25/h3,6-8,11-12,14,16-18,35H,4-5,9-10,27H2,1-2H3/t14-,16-,17-,18+/m1/s1. The third-order valence-electron chi connectivity index (χ3n) is 7.52. The molecule has 4 aromatic rings. The van der Waals surface area contributed by atoms with Gasteiger partial charge in [-0.3, -0.25) is 14.6 Å². The summed E-state index contributed by atoms with van der Waals surface area (Å²) in [6.45, 7) is 3.01. The number of thiazole rings is 1. The predicted molar refractivity (Wildman–Crippen MR) is 139 cm³/mol. The largest absolute Gasteiger partial charge is 0.384 e. The number of amides is 1. The molecule has 0 radical (unpaired) electrons. The molecule has 10 nitrogen and oxygen atoms in total. The van der Waals surface area contributed by atoms with Crippen LogP contribution in [-0.4, -0.2) is 64.5 Å². The minimum Gasteiger partial charge on any atom is -0.384 e. The van der Waals surface area contributed by atoms with Gasteiger partial charge in [-0.1, -0.05) is 6.07 Å². The van der Waals surface area contributed by atoms with Crippen LogP contribution in [0.1, 0.15) is 61.5 Å². The van der Waals surface area contributed by atoms with Crippen LogP contribution in [0.25, 0.3) is 27.5 Å². The van der Waals surface area contributed by atoms with E-state index in [-0.39, 0.29) is 35.5 Å². The molecule has 2 fully saturated rings. The number of aliphatic hydroxyl groups is 1. The van der Waals surface area contributed by atoms with Crippen molar-refractivity contribution in [3.63, 3.8) is 0 Å². The van der Waals surface area contributed by atoms with Gasteiger partial charge < -0.3 is 15.7 Å². The molecule has 37 heavy (non-hydrogen) atoms. The Morgan fingerprint density at radius 1 is 1.16 bits per heavy atom. The SMILES string of the molecule is CC(=O)c1c([C@@H]2C[C@H]3CC[C@@H](C2)N3C(=O)[C@@H](C)O)nc2c(-c3ccc(-c4nccs4)nc3)cnn2c1N. The number of hydrogen-bond acceptors (Lipinski definition) is 9. The lowest BCUT2D eigenvalue weighted by atomic mass is 9.85. The summed E-state index contributed by atoms with van der Waals surface area (Å²) in [7, 11) is 0. The number of nitrogens with two attached hydrogens (primary N) is 1. The highest BCUT2D eigenvalue weighted by Crippen LogP contribution is 2.44. The molecule has 11 heteroatoms. The number of anilines is 1. The van der Waals surface area contributed by atoms with E-state index in [1.54, 1.807) is 18.6 Å². The molecule has 2 bridgehead atoms. The molecule has 1 amide bonds. The number of nitrogens with zero attached hydrogens (tertiary/aromatic N) is 6. The summed E-state index contributed by atoms with van der Waals surface area (Å²) in [5, 5.41) is 17.1. The number of ketones is 1. The monoisotopic (exact) mass is 517 g/mol. The lowest BCUT2D eigenvalue weighted by molar-refractivity contribution is -0.144. The number of aliphatic hydroxyl groups excluding tert-OH is 1. The second-order valence-corrected chi connectivity index (χ2v) is 10.7. The fraction of sp³-hybridized carbons (Fsp3) is 0.385. The Morgan fingerprint density at radius 3 is 2.51 bits per heavy atom. The number of carbonyl (C=O) groups excluding carboxylic acids is 2. The van der Waals surface area contributed by atoms with Crippen molar-refractivity contribution < 1.29 is 14.7 Å². The summed E-state index contributed by atoms with van der Waals surface area (Å²) in [5.41, 5.74) is 10.5. The average Bonchev–Trinajstić information content (AvgIpc) is 3.62. The van der Waals surface area contributed by atoms with Crippen molar-refractivity contribution in [2.24, 2.45) is 0 Å². The molecule has 2 aliphatic rings. The fourth-order valence-electron chi connectivity index (χ4n) is 5.90. The van der Waals surface area contributed by atoms with Crippen LogP contribution in [0.5, 0.6) is 0 Å². The molecule has 4 aromatic heterocycles. The van der Waals surface area contributed by atoms with Crippen molar-refractivity contribution in [1.29, 1.82) is 0 Å². The van der Waals surface area contributed by atoms with E-state index in [4.69, 9.17) is 10.7 Å². The molecule has 0 unspecified atom stereocenters. The number of rotatable bonds is 5. The zero-order valence-electron chi connectivity index (χ0n) is 20.5. The molecule has 6 heterocycles. The van der Waals surface area contributed by atoms with E-state index in [1.165, 1.54) is 29.7 Å². The molecule has 3 N–H and O–H groups in total. The van der Waals surface area contributed by atoms with Crippen molar-refractivity contribution in [2.45, 2.75) is 63.6 Å². The highest BCUT2D eigenvalue weighted by Gasteiger charge is 2.45. The van der Waals surface area contributed by atoms with Gasteiger partial charge in [0.2, 0.25) is 0 Å². The zero-order chi connectivity index (χ0) is 25.8. The van der Waals surface area contributed by atoms with Crippen LogP contribution in [0.3, 0.4) is 0 Å². The van der Waals surface area contributed by atoms with Gasteiger partial charge >= 0.3 is 0 Å². The van der Waals surface area contributed by atoms with Gasteiger partial charge in [-0.15, -0.1) is 11.3 Å². The molecule has 2 saturated heterocycles. The van der Waals surface area contributed by atoms with E-state index >= 15 is 0 Å². The van der Waals surface area contributed by atoms with E-state index in [2.05, 4.69) is 15.1 Å². The number of nitrogen functional groups attached to an aromatic ring is 1. The first-order chi connectivity index (χ1) is 17.8. The fourth-order valence-corrected chi connectivity index (χ4v) is 6.51. The third-order valence-corrected chi connectivity index (χ3v) is 8.32. The third kappa shape index (κ3) is 3.89. The van der Waals surface area contributed by atoms with Crippen LogP contribution in [0, 0.1) is 0 Å². The molecule has 190 valence electrons. The summed E-state index contributed by atoms with van der Waals surface area (Å²) in [6, 6.07) is 3.89. The lowest BCUT2D eigenvalue weighted by Crippen LogP contribution is -2.49. The molecular weight excluding hydrogens is 490 g/mol. The summed E-state index contributed by atoms with van der Waals surface area (Å²) in [6.07, 6.45) is 7.28. The molecule has 0 aliphatic carbocycles. The van der Waals surface area contributed by atoms with Crippen molar-refractivity contribution in [3.05, 3.63) is 47.4 Å². The van der Waals surface area contributed by atoms with Crippen LogP contribution in [-0.2, 0) is 4.79 Å². The maximum absolute atomic E-state index is 12.8. The minimum atomic E-state index is -1.03. The number of carbonyl (C=O) groups is 2. The zero-order valence-corrected chi connectivity index (χ0v) is 21.4. The number of Topliss-reactive ketones (excluding diaryl/α,β-unsaturated/α-hetero) is 1. The van der Waals surface area contributed by atoms with Gasteiger partial charge in [-0.25, -0.2) is 9.97 Å². The van der Waals surface area contributed by atoms with Crippen LogP contribution < -0.4 is 5.73 Å². The van der Waals surface area contributed by atoms with Gasteiger partial charge in [0.05, 0.1) is 23.1 Å². The molecule has 4 atom stereocenters. The van der Waals surface area contributed by atoms with E-state index in [0.717, 1.165) is 34.7 Å². The van der Waals surface area contributed by atoms with Crippen molar-refractivity contribution >= 4 is 34.5 Å². The summed E-state index contributed by atoms with van der Waals surface area (Å²) in [5.74, 6) is -0.161. The number of piperidine rings is 1. The number of hydrogen-bond donors (Lipinski definition) is 2. The predicted octanol–water partition coefficient (Wildman–Crippen LogP) is 3.32. The first kappa shape index (κ1) is 23.7. The smallest absolute Gasteiger partial charge is 0.251 e. The molecule has 0 saturated carbocycles. The minimum absolute atomic E-state index is 0.0110. The van der Waals surface area contributed by atoms with Crippen LogP contribution in [0.15, 0.2) is 36.1 Å². The van der Waals surface area contributed by atoms with Gasteiger partial charge in [-0.05, 0) is 45.6 Å². The first-order valence-electron chi connectivity index (χ1n) is 12.4. The quantitative estimate of drug-likeness (QED) is 0.384. The molecule has 0 spiro atoms. The summed E-state index contributed by atoms with van der Waals surface area (Å²) < 4.78 is 1.52.